The van der Waals surface area contributed by atoms with E-state index in [2.05, 4.69) is 6.08 Å². The maximum Gasteiger partial charge on any atom is 0.184 e. The molecule has 4 rings (SSSR count). The number of ether oxygens (including phenoxy) is 4. The van der Waals surface area contributed by atoms with Gasteiger partial charge < -0.3 is 29.2 Å². The second-order valence-corrected chi connectivity index (χ2v) is 7.33. The molecular formula is C21H26O6. The van der Waals surface area contributed by atoms with Crippen LogP contribution in [0.25, 0.3) is 0 Å². The van der Waals surface area contributed by atoms with Gasteiger partial charge in [0, 0.05) is 11.5 Å². The first-order chi connectivity index (χ1) is 13.1. The van der Waals surface area contributed by atoms with Crippen molar-refractivity contribution < 1.29 is 29.2 Å². The summed E-state index contributed by atoms with van der Waals surface area (Å²) in [6.07, 6.45) is 4.65. The van der Waals surface area contributed by atoms with Crippen molar-refractivity contribution in [3.63, 3.8) is 0 Å². The summed E-state index contributed by atoms with van der Waals surface area (Å²) in [6.45, 7) is 2.28. The summed E-state index contributed by atoms with van der Waals surface area (Å²) in [7, 11) is 0. The SMILES string of the molecule is Cc1ccc([C@@H]2OC[C@H](O)C(C3O[C@H](C4C=CC=CC4)OC[C@@H]3O)O2)cc1. The first kappa shape index (κ1) is 18.8. The molecule has 2 N–H and O–H groups in total. The highest BCUT2D eigenvalue weighted by molar-refractivity contribution is 5.22. The normalized spacial score (nSPS) is 39.4. The highest BCUT2D eigenvalue weighted by atomic mass is 16.7. The molecule has 2 fully saturated rings. The Hall–Kier alpha value is -1.54. The average molecular weight is 374 g/mol. The van der Waals surface area contributed by atoms with Gasteiger partial charge in [0.25, 0.3) is 0 Å². The van der Waals surface area contributed by atoms with Crippen LogP contribution < -0.4 is 0 Å². The van der Waals surface area contributed by atoms with E-state index in [0.29, 0.717) is 0 Å². The van der Waals surface area contributed by atoms with Crippen molar-refractivity contribution in [2.45, 2.75) is 50.3 Å². The molecule has 0 amide bonds. The van der Waals surface area contributed by atoms with Gasteiger partial charge in [-0.25, -0.2) is 0 Å². The lowest BCUT2D eigenvalue weighted by Gasteiger charge is -2.44. The maximum atomic E-state index is 10.4. The van der Waals surface area contributed by atoms with Crippen molar-refractivity contribution in [1.82, 2.24) is 0 Å². The van der Waals surface area contributed by atoms with Crippen LogP contribution in [0.5, 0.6) is 0 Å². The quantitative estimate of drug-likeness (QED) is 0.843. The predicted molar refractivity (Wildman–Crippen MR) is 97.8 cm³/mol. The largest absolute Gasteiger partial charge is 0.388 e. The van der Waals surface area contributed by atoms with Crippen LogP contribution in [0, 0.1) is 12.8 Å². The average Bonchev–Trinajstić information content (AvgIpc) is 2.70. The number of aliphatic hydroxyl groups excluding tert-OH is 2. The Labute approximate surface area is 159 Å². The van der Waals surface area contributed by atoms with Gasteiger partial charge in [-0.2, -0.15) is 0 Å². The Morgan fingerprint density at radius 2 is 1.59 bits per heavy atom. The fourth-order valence-corrected chi connectivity index (χ4v) is 3.64. The molecule has 0 saturated carbocycles. The van der Waals surface area contributed by atoms with Gasteiger partial charge in [-0.1, -0.05) is 54.1 Å². The van der Waals surface area contributed by atoms with Gasteiger partial charge in [0.15, 0.2) is 12.6 Å². The van der Waals surface area contributed by atoms with E-state index in [-0.39, 0.29) is 19.1 Å². The van der Waals surface area contributed by atoms with E-state index in [1.165, 1.54) is 0 Å². The van der Waals surface area contributed by atoms with Gasteiger partial charge in [0.2, 0.25) is 0 Å². The zero-order valence-corrected chi connectivity index (χ0v) is 15.3. The fourth-order valence-electron chi connectivity index (χ4n) is 3.64. The van der Waals surface area contributed by atoms with Gasteiger partial charge in [-0.15, -0.1) is 0 Å². The lowest BCUT2D eigenvalue weighted by atomic mass is 9.97. The van der Waals surface area contributed by atoms with Gasteiger partial charge in [0.05, 0.1) is 13.2 Å². The third-order valence-electron chi connectivity index (χ3n) is 5.22. The van der Waals surface area contributed by atoms with Crippen molar-refractivity contribution in [2.24, 2.45) is 5.92 Å². The van der Waals surface area contributed by atoms with E-state index < -0.39 is 37.0 Å². The minimum absolute atomic E-state index is 0.0786. The molecule has 7 atom stereocenters. The third-order valence-corrected chi connectivity index (χ3v) is 5.22. The fraction of sp³-hybridized carbons (Fsp3) is 0.524. The summed E-state index contributed by atoms with van der Waals surface area (Å²) in [5.74, 6) is 0.0786. The van der Waals surface area contributed by atoms with Crippen LogP contribution in [-0.2, 0) is 18.9 Å². The topological polar surface area (TPSA) is 77.4 Å². The smallest absolute Gasteiger partial charge is 0.184 e. The van der Waals surface area contributed by atoms with Crippen molar-refractivity contribution >= 4 is 0 Å². The summed E-state index contributed by atoms with van der Waals surface area (Å²) in [4.78, 5) is 0. The number of hydrogen-bond acceptors (Lipinski definition) is 6. The van der Waals surface area contributed by atoms with E-state index in [1.807, 2.05) is 49.4 Å². The molecule has 0 bridgehead atoms. The zero-order chi connectivity index (χ0) is 18.8. The highest BCUT2D eigenvalue weighted by Crippen LogP contribution is 2.33. The molecule has 1 aromatic carbocycles. The molecule has 2 saturated heterocycles. The number of aryl methyl sites for hydroxylation is 1. The molecule has 3 unspecified atom stereocenters. The molecule has 0 spiro atoms. The number of rotatable bonds is 3. The Balaban J connectivity index is 1.47. The lowest BCUT2D eigenvalue weighted by molar-refractivity contribution is -0.334. The van der Waals surface area contributed by atoms with E-state index in [1.54, 1.807) is 0 Å². The summed E-state index contributed by atoms with van der Waals surface area (Å²) in [5, 5.41) is 20.9. The standard InChI is InChI=1S/C21H26O6/c1-13-7-9-15(10-8-13)21-25-12-17(23)19(27-21)18-16(22)11-24-20(26-18)14-5-3-2-4-6-14/h2-5,7-10,14,16-23H,6,11-12H2,1H3/t14?,16-,17-,18?,19?,20+,21+/m0/s1. The van der Waals surface area contributed by atoms with Crippen molar-refractivity contribution in [3.8, 4) is 0 Å². The van der Waals surface area contributed by atoms with Gasteiger partial charge in [-0.3, -0.25) is 0 Å². The van der Waals surface area contributed by atoms with E-state index in [9.17, 15) is 10.2 Å². The molecule has 1 aliphatic carbocycles. The summed E-state index contributed by atoms with van der Waals surface area (Å²) < 4.78 is 23.4. The molecule has 146 valence electrons. The van der Waals surface area contributed by atoms with Crippen molar-refractivity contribution in [1.29, 1.82) is 0 Å². The van der Waals surface area contributed by atoms with Crippen LogP contribution in [0.3, 0.4) is 0 Å². The summed E-state index contributed by atoms with van der Waals surface area (Å²) in [6, 6.07) is 7.86. The third kappa shape index (κ3) is 4.16. The number of hydrogen-bond donors (Lipinski definition) is 2. The second-order valence-electron chi connectivity index (χ2n) is 7.33. The maximum absolute atomic E-state index is 10.4. The first-order valence-electron chi connectivity index (χ1n) is 9.42. The number of allylic oxidation sites excluding steroid dienone is 3. The molecular weight excluding hydrogens is 348 g/mol. The minimum atomic E-state index is -0.883. The Bertz CT molecular complexity index is 684. The zero-order valence-electron chi connectivity index (χ0n) is 15.3. The van der Waals surface area contributed by atoms with Crippen LogP contribution in [0.2, 0.25) is 0 Å². The van der Waals surface area contributed by atoms with Crippen molar-refractivity contribution in [3.05, 3.63) is 59.7 Å². The number of aliphatic hydroxyl groups is 2. The van der Waals surface area contributed by atoms with Crippen LogP contribution in [-0.4, -0.2) is 54.1 Å². The molecule has 0 aromatic heterocycles. The Kier molecular flexibility index (Phi) is 5.73. The van der Waals surface area contributed by atoms with Gasteiger partial charge in [0.1, 0.15) is 24.4 Å². The number of benzene rings is 1. The minimum Gasteiger partial charge on any atom is -0.388 e. The second kappa shape index (κ2) is 8.22. The van der Waals surface area contributed by atoms with Gasteiger partial charge >= 0.3 is 0 Å². The molecule has 6 heteroatoms. The monoisotopic (exact) mass is 374 g/mol. The summed E-state index contributed by atoms with van der Waals surface area (Å²) >= 11 is 0. The Morgan fingerprint density at radius 3 is 2.30 bits per heavy atom. The highest BCUT2D eigenvalue weighted by Gasteiger charge is 2.45. The van der Waals surface area contributed by atoms with Gasteiger partial charge in [-0.05, 0) is 13.3 Å². The van der Waals surface area contributed by atoms with E-state index in [4.69, 9.17) is 18.9 Å². The van der Waals surface area contributed by atoms with E-state index in [0.717, 1.165) is 17.5 Å². The molecule has 0 radical (unpaired) electrons. The van der Waals surface area contributed by atoms with Crippen molar-refractivity contribution in [2.75, 3.05) is 13.2 Å². The Morgan fingerprint density at radius 1 is 0.889 bits per heavy atom. The van der Waals surface area contributed by atoms with Crippen LogP contribution in [0.1, 0.15) is 23.8 Å². The molecule has 27 heavy (non-hydrogen) atoms. The predicted octanol–water partition coefficient (Wildman–Crippen LogP) is 2.00. The first-order valence-corrected chi connectivity index (χ1v) is 9.42. The summed E-state index contributed by atoms with van der Waals surface area (Å²) in [5.41, 5.74) is 2.02. The van der Waals surface area contributed by atoms with Crippen LogP contribution >= 0.6 is 0 Å². The molecule has 6 nitrogen and oxygen atoms in total. The van der Waals surface area contributed by atoms with Crippen LogP contribution in [0.4, 0.5) is 0 Å². The molecule has 2 aliphatic heterocycles. The molecule has 1 aromatic rings. The van der Waals surface area contributed by atoms with Crippen LogP contribution in [0.15, 0.2) is 48.6 Å². The van der Waals surface area contributed by atoms with E-state index >= 15 is 0 Å². The molecule has 2 heterocycles. The molecule has 3 aliphatic rings. The lowest BCUT2D eigenvalue weighted by Crippen LogP contribution is -2.58.